The topological polar surface area (TPSA) is 0 Å². The third-order valence-corrected chi connectivity index (χ3v) is 38.1. The van der Waals surface area contributed by atoms with Crippen LogP contribution in [0.25, 0.3) is 56.7 Å². The average molecular weight is 990 g/mol. The van der Waals surface area contributed by atoms with Crippen LogP contribution in [0, 0.1) is 67.2 Å². The zero-order chi connectivity index (χ0) is 47.4. The summed E-state index contributed by atoms with van der Waals surface area (Å²) in [5, 5.41) is 0. The van der Waals surface area contributed by atoms with E-state index in [0.29, 0.717) is 7.25 Å². The van der Waals surface area contributed by atoms with Crippen molar-refractivity contribution in [3.63, 3.8) is 0 Å². The molecule has 0 bridgehead atoms. The first-order valence-corrected chi connectivity index (χ1v) is 36.7. The number of benzene rings is 6. The molecule has 4 aliphatic carbocycles. The fraction of sp³-hybridized carbons (Fsp3) is 0.394. The fourth-order valence-corrected chi connectivity index (χ4v) is 36.8. The molecule has 0 spiro atoms. The minimum atomic E-state index is -2.71. The summed E-state index contributed by atoms with van der Waals surface area (Å²) in [4.78, 5) is 0. The van der Waals surface area contributed by atoms with Gasteiger partial charge in [0, 0.05) is 0 Å². The Kier molecular flexibility index (Phi) is 14.0. The summed E-state index contributed by atoms with van der Waals surface area (Å²) in [5.74, 6) is 0.309. The van der Waals surface area contributed by atoms with Gasteiger partial charge in [-0.2, -0.15) is 0 Å². The normalized spacial score (nSPS) is 18.5. The van der Waals surface area contributed by atoms with E-state index in [1.165, 1.54) is 166 Å². The Morgan fingerprint density at radius 2 is 0.662 bits per heavy atom. The van der Waals surface area contributed by atoms with Crippen LogP contribution in [0.5, 0.6) is 0 Å². The first-order chi connectivity index (χ1) is 32.8. The molecule has 2 fully saturated rings. The molecule has 2 atom stereocenters. The summed E-state index contributed by atoms with van der Waals surface area (Å²) in [6, 6.07) is 39.6. The Bertz CT molecular complexity index is 2670. The van der Waals surface area contributed by atoms with Gasteiger partial charge in [-0.3, -0.25) is 0 Å². The molecule has 0 heterocycles. The van der Waals surface area contributed by atoms with Crippen molar-refractivity contribution < 1.29 is 20.9 Å². The molecule has 6 aromatic rings. The number of fused-ring (bicyclic) bond motifs is 2. The Hall–Kier alpha value is -4.10. The van der Waals surface area contributed by atoms with Crippen molar-refractivity contribution in [3.05, 3.63) is 175 Å². The maximum atomic E-state index is 2.85. The van der Waals surface area contributed by atoms with Gasteiger partial charge in [0.15, 0.2) is 0 Å². The molecule has 0 radical (unpaired) electrons. The van der Waals surface area contributed by atoms with E-state index < -0.39 is 26.8 Å². The van der Waals surface area contributed by atoms with Crippen LogP contribution in [-0.2, 0) is 20.9 Å². The van der Waals surface area contributed by atoms with Crippen molar-refractivity contribution in [2.45, 2.75) is 153 Å². The van der Waals surface area contributed by atoms with Crippen LogP contribution >= 0.6 is 0 Å². The van der Waals surface area contributed by atoms with Gasteiger partial charge in [0.2, 0.25) is 0 Å². The molecule has 68 heavy (non-hydrogen) atoms. The molecule has 0 aromatic heterocycles. The van der Waals surface area contributed by atoms with Crippen molar-refractivity contribution >= 4 is 18.1 Å². The Labute approximate surface area is 420 Å². The van der Waals surface area contributed by atoms with Crippen molar-refractivity contribution in [2.75, 3.05) is 0 Å². The monoisotopic (exact) mass is 987 g/mol. The standard InChI is InChI=1S/2C32H35.C2H7Si.Zr/c2*1-21-12-22(2)15-27(14-21)29-10-11-30(28-16-23(3)13-24(4)17-28)32-20-26(19-31(29)32)18-25-8-6-5-7-9-25;1-3-2;/h2*10-17,19-20,25H,5-9,18H2,1-4H3;3H,1-2H3;. The minimum absolute atomic E-state index is 0.547. The second-order valence-corrected chi connectivity index (χ2v) is 42.9. The van der Waals surface area contributed by atoms with Crippen LogP contribution < -0.4 is 0 Å². The third-order valence-electron chi connectivity index (χ3n) is 16.5. The number of hydrogen-bond acceptors (Lipinski definition) is 0. The van der Waals surface area contributed by atoms with Gasteiger partial charge in [-0.1, -0.05) is 0 Å². The molecule has 0 amide bonds. The molecule has 349 valence electrons. The summed E-state index contributed by atoms with van der Waals surface area (Å²) in [5.41, 5.74) is 32.7. The zero-order valence-corrected chi connectivity index (χ0v) is 46.9. The van der Waals surface area contributed by atoms with Gasteiger partial charge in [0.1, 0.15) is 0 Å². The molecule has 2 unspecified atom stereocenters. The predicted octanol–water partition coefficient (Wildman–Crippen LogP) is 18.9. The molecule has 0 nitrogen and oxygen atoms in total. The first kappa shape index (κ1) is 47.6. The summed E-state index contributed by atoms with van der Waals surface area (Å²) >= 11 is -2.71. The molecule has 0 N–H and O–H groups in total. The molecular weight excluding hydrogens is 912 g/mol. The van der Waals surface area contributed by atoms with Crippen molar-refractivity contribution in [1.29, 1.82) is 0 Å². The van der Waals surface area contributed by atoms with Crippen LogP contribution in [0.2, 0.25) is 13.1 Å². The summed E-state index contributed by atoms with van der Waals surface area (Å²) in [6.45, 7) is 24.1. The van der Waals surface area contributed by atoms with Crippen molar-refractivity contribution in [1.82, 2.24) is 0 Å². The number of allylic oxidation sites excluding steroid dienone is 2. The van der Waals surface area contributed by atoms with E-state index in [2.05, 4.69) is 178 Å². The van der Waals surface area contributed by atoms with Gasteiger partial charge in [-0.05, 0) is 0 Å². The third kappa shape index (κ3) is 9.69. The maximum absolute atomic E-state index is 2.85. The number of hydrogen-bond donors (Lipinski definition) is 0. The van der Waals surface area contributed by atoms with Crippen molar-refractivity contribution in [2.24, 2.45) is 11.8 Å². The summed E-state index contributed by atoms with van der Waals surface area (Å²) in [7, 11) is 0. The van der Waals surface area contributed by atoms with Gasteiger partial charge >= 0.3 is 423 Å². The van der Waals surface area contributed by atoms with E-state index in [4.69, 9.17) is 0 Å². The van der Waals surface area contributed by atoms with Crippen LogP contribution in [-0.4, -0.2) is 5.92 Å². The van der Waals surface area contributed by atoms with E-state index in [-0.39, 0.29) is 0 Å². The van der Waals surface area contributed by atoms with Crippen molar-refractivity contribution in [3.8, 4) is 44.5 Å². The van der Waals surface area contributed by atoms with E-state index in [1.807, 2.05) is 11.1 Å². The van der Waals surface area contributed by atoms with Crippen LogP contribution in [0.1, 0.15) is 151 Å². The summed E-state index contributed by atoms with van der Waals surface area (Å²) < 4.78 is 1.09. The number of aryl methyl sites for hydroxylation is 8. The molecular formula is C66H77SiZr. The molecule has 6 aromatic carbocycles. The van der Waals surface area contributed by atoms with Gasteiger partial charge in [0.05, 0.1) is 0 Å². The molecule has 10 rings (SSSR count). The van der Waals surface area contributed by atoms with Crippen LogP contribution in [0.3, 0.4) is 0 Å². The van der Waals surface area contributed by atoms with Gasteiger partial charge in [-0.15, -0.1) is 0 Å². The summed E-state index contributed by atoms with van der Waals surface area (Å²) in [6.07, 6.45) is 22.2. The van der Waals surface area contributed by atoms with E-state index >= 15 is 0 Å². The Morgan fingerprint density at radius 1 is 0.382 bits per heavy atom. The molecule has 0 aliphatic heterocycles. The second kappa shape index (κ2) is 20.0. The van der Waals surface area contributed by atoms with E-state index in [9.17, 15) is 0 Å². The van der Waals surface area contributed by atoms with Crippen LogP contribution in [0.4, 0.5) is 0 Å². The average Bonchev–Trinajstić information content (AvgIpc) is 3.83. The van der Waals surface area contributed by atoms with E-state index in [1.54, 1.807) is 22.3 Å². The van der Waals surface area contributed by atoms with Gasteiger partial charge in [0.25, 0.3) is 0 Å². The molecule has 2 saturated carbocycles. The quantitative estimate of drug-likeness (QED) is 0.114. The molecule has 0 saturated heterocycles. The second-order valence-electron chi connectivity index (χ2n) is 22.9. The van der Waals surface area contributed by atoms with E-state index in [0.717, 1.165) is 11.8 Å². The predicted molar refractivity (Wildman–Crippen MR) is 295 cm³/mol. The van der Waals surface area contributed by atoms with Gasteiger partial charge in [-0.25, -0.2) is 0 Å². The Balaban J connectivity index is 1.27. The van der Waals surface area contributed by atoms with Crippen LogP contribution in [0.15, 0.2) is 108 Å². The SMILES string of the molecule is Cc1cc(C)cc(-c2ccc(-c3cc(C)cc(C)c3)c3c2C=C(CC2CCCCC2)[CH]3[Zr]([CH]2C(CC3CCCCC3)=Cc3c(-c4cc(C)cc(C)c4)ccc(-c4cc(C)cc(C)c4)c32)[SiH](C)C)c1. The fourth-order valence-electron chi connectivity index (χ4n) is 14.0. The molecule has 2 heteroatoms. The Morgan fingerprint density at radius 3 is 0.956 bits per heavy atom. The first-order valence-electron chi connectivity index (χ1n) is 26.7. The zero-order valence-electron chi connectivity index (χ0n) is 43.3. The number of rotatable bonds is 11. The molecule has 4 aliphatic rings. The van der Waals surface area contributed by atoms with Gasteiger partial charge < -0.3 is 0 Å².